The molecule has 1 aliphatic heterocycles. The first-order valence-electron chi connectivity index (χ1n) is 8.86. The minimum absolute atomic E-state index is 0.0136. The Morgan fingerprint density at radius 1 is 1.16 bits per heavy atom. The Labute approximate surface area is 146 Å². The van der Waals surface area contributed by atoms with Gasteiger partial charge < -0.3 is 15.0 Å². The van der Waals surface area contributed by atoms with Crippen LogP contribution in [0.1, 0.15) is 30.1 Å². The van der Waals surface area contributed by atoms with E-state index in [1.54, 1.807) is 0 Å². The number of anilines is 1. The van der Waals surface area contributed by atoms with Crippen molar-refractivity contribution in [2.75, 3.05) is 25.0 Å². The van der Waals surface area contributed by atoms with Gasteiger partial charge in [-0.2, -0.15) is 0 Å². The Balaban J connectivity index is 1.71. The average molecular weight is 338 g/mol. The Morgan fingerprint density at radius 2 is 1.88 bits per heavy atom. The Morgan fingerprint density at radius 3 is 2.56 bits per heavy atom. The van der Waals surface area contributed by atoms with Crippen molar-refractivity contribution in [1.29, 1.82) is 0 Å². The van der Waals surface area contributed by atoms with Crippen molar-refractivity contribution in [3.05, 3.63) is 42.0 Å². The highest BCUT2D eigenvalue weighted by atomic mass is 16.5. The van der Waals surface area contributed by atoms with Gasteiger partial charge in [0.1, 0.15) is 0 Å². The number of carbonyl (C=O) groups is 2. The maximum atomic E-state index is 13.1. The number of hydrogen-bond acceptors (Lipinski definition) is 3. The van der Waals surface area contributed by atoms with E-state index in [2.05, 4.69) is 5.32 Å². The maximum absolute atomic E-state index is 13.1. The summed E-state index contributed by atoms with van der Waals surface area (Å²) in [6, 6.07) is 11.7. The molecular weight excluding hydrogens is 316 g/mol. The number of hydrogen-bond donors (Lipinski definition) is 1. The molecule has 0 spiro atoms. The van der Waals surface area contributed by atoms with Gasteiger partial charge in [0.15, 0.2) is 0 Å². The molecule has 2 amide bonds. The van der Waals surface area contributed by atoms with E-state index in [1.807, 2.05) is 48.2 Å². The molecule has 0 aromatic heterocycles. The van der Waals surface area contributed by atoms with Crippen molar-refractivity contribution >= 4 is 28.3 Å². The summed E-state index contributed by atoms with van der Waals surface area (Å²) in [5.41, 5.74) is 1.17. The monoisotopic (exact) mass is 338 g/mol. The third-order valence-corrected chi connectivity index (χ3v) is 4.85. The Hall–Kier alpha value is -2.40. The lowest BCUT2D eigenvalue weighted by Gasteiger charge is -2.31. The van der Waals surface area contributed by atoms with Crippen molar-refractivity contribution in [3.63, 3.8) is 0 Å². The average Bonchev–Trinajstić information content (AvgIpc) is 3.46. The smallest absolute Gasteiger partial charge is 0.256 e. The summed E-state index contributed by atoms with van der Waals surface area (Å²) in [6.07, 6.45) is 1.90. The molecule has 130 valence electrons. The van der Waals surface area contributed by atoms with Crippen molar-refractivity contribution in [3.8, 4) is 0 Å². The van der Waals surface area contributed by atoms with Gasteiger partial charge in [-0.15, -0.1) is 0 Å². The van der Waals surface area contributed by atoms with Gasteiger partial charge in [-0.05, 0) is 42.7 Å². The van der Waals surface area contributed by atoms with Gasteiger partial charge in [0.25, 0.3) is 5.91 Å². The fourth-order valence-electron chi connectivity index (χ4n) is 3.27. The standard InChI is InChI=1S/C20H22N2O3/c1-13-12-22(8-9-25-13)20(24)17-10-15-4-2-3-5-16(15)11-18(17)21-19(23)14-6-7-14/h2-5,10-11,13-14H,6-9,12H2,1H3,(H,21,23)/t13-/m0/s1. The lowest BCUT2D eigenvalue weighted by atomic mass is 10.0. The second-order valence-electron chi connectivity index (χ2n) is 6.94. The molecule has 1 aliphatic carbocycles. The zero-order valence-corrected chi connectivity index (χ0v) is 14.3. The number of amides is 2. The molecule has 0 unspecified atom stereocenters. The predicted octanol–water partition coefficient (Wildman–Crippen LogP) is 3.05. The van der Waals surface area contributed by atoms with E-state index >= 15 is 0 Å². The molecule has 0 radical (unpaired) electrons. The first-order valence-corrected chi connectivity index (χ1v) is 8.86. The molecule has 1 saturated heterocycles. The number of fused-ring (bicyclic) bond motifs is 1. The molecule has 1 saturated carbocycles. The molecule has 5 nitrogen and oxygen atoms in total. The Bertz CT molecular complexity index is 829. The van der Waals surface area contributed by atoms with Crippen molar-refractivity contribution < 1.29 is 14.3 Å². The first-order chi connectivity index (χ1) is 12.1. The molecule has 25 heavy (non-hydrogen) atoms. The van der Waals surface area contributed by atoms with E-state index in [0.717, 1.165) is 23.6 Å². The molecule has 0 bridgehead atoms. The van der Waals surface area contributed by atoms with Gasteiger partial charge in [0, 0.05) is 19.0 Å². The van der Waals surface area contributed by atoms with Crippen LogP contribution in [0, 0.1) is 5.92 Å². The van der Waals surface area contributed by atoms with E-state index in [4.69, 9.17) is 4.74 Å². The van der Waals surface area contributed by atoms with Gasteiger partial charge in [0.05, 0.1) is 24.0 Å². The summed E-state index contributed by atoms with van der Waals surface area (Å²) in [5.74, 6) is 0.0597. The van der Waals surface area contributed by atoms with Crippen LogP contribution in [0.15, 0.2) is 36.4 Å². The first kappa shape index (κ1) is 16.1. The SMILES string of the molecule is C[C@H]1CN(C(=O)c2cc3ccccc3cc2NC(=O)C2CC2)CCO1. The normalized spacial score (nSPS) is 20.5. The van der Waals surface area contributed by atoms with Crippen LogP contribution in [-0.4, -0.2) is 42.5 Å². The molecule has 2 aromatic rings. The van der Waals surface area contributed by atoms with Gasteiger partial charge >= 0.3 is 0 Å². The lowest BCUT2D eigenvalue weighted by molar-refractivity contribution is -0.117. The van der Waals surface area contributed by atoms with Gasteiger partial charge in [0.2, 0.25) is 5.91 Å². The zero-order valence-electron chi connectivity index (χ0n) is 14.3. The number of nitrogens with zero attached hydrogens (tertiary/aromatic N) is 1. The zero-order chi connectivity index (χ0) is 17.4. The molecule has 2 fully saturated rings. The molecule has 4 rings (SSSR count). The largest absolute Gasteiger partial charge is 0.375 e. The lowest BCUT2D eigenvalue weighted by Crippen LogP contribution is -2.44. The molecule has 1 heterocycles. The number of carbonyl (C=O) groups excluding carboxylic acids is 2. The minimum Gasteiger partial charge on any atom is -0.375 e. The van der Waals surface area contributed by atoms with Crippen LogP contribution in [0.25, 0.3) is 10.8 Å². The van der Waals surface area contributed by atoms with Crippen molar-refractivity contribution in [1.82, 2.24) is 4.90 Å². The number of morpholine rings is 1. The highest BCUT2D eigenvalue weighted by molar-refractivity contribution is 6.08. The van der Waals surface area contributed by atoms with Crippen LogP contribution >= 0.6 is 0 Å². The quantitative estimate of drug-likeness (QED) is 0.936. The third-order valence-electron chi connectivity index (χ3n) is 4.85. The minimum atomic E-state index is -0.0491. The summed E-state index contributed by atoms with van der Waals surface area (Å²) in [4.78, 5) is 27.2. The number of benzene rings is 2. The van der Waals surface area contributed by atoms with Crippen LogP contribution in [0.2, 0.25) is 0 Å². The Kier molecular flexibility index (Phi) is 4.17. The topological polar surface area (TPSA) is 58.6 Å². The highest BCUT2D eigenvalue weighted by Gasteiger charge is 2.31. The number of rotatable bonds is 3. The van der Waals surface area contributed by atoms with Crippen molar-refractivity contribution in [2.45, 2.75) is 25.9 Å². The summed E-state index contributed by atoms with van der Waals surface area (Å²) in [7, 11) is 0. The third kappa shape index (κ3) is 3.37. The predicted molar refractivity (Wildman–Crippen MR) is 96.6 cm³/mol. The van der Waals surface area contributed by atoms with Crippen LogP contribution in [-0.2, 0) is 9.53 Å². The van der Waals surface area contributed by atoms with Gasteiger partial charge in [-0.3, -0.25) is 9.59 Å². The fraction of sp³-hybridized carbons (Fsp3) is 0.400. The van der Waals surface area contributed by atoms with Crippen LogP contribution in [0.5, 0.6) is 0 Å². The second kappa shape index (κ2) is 6.48. The van der Waals surface area contributed by atoms with Gasteiger partial charge in [-0.1, -0.05) is 24.3 Å². The van der Waals surface area contributed by atoms with Crippen molar-refractivity contribution in [2.24, 2.45) is 5.92 Å². The van der Waals surface area contributed by atoms with Crippen LogP contribution < -0.4 is 5.32 Å². The summed E-state index contributed by atoms with van der Waals surface area (Å²) < 4.78 is 5.54. The summed E-state index contributed by atoms with van der Waals surface area (Å²) >= 11 is 0. The van der Waals surface area contributed by atoms with E-state index in [-0.39, 0.29) is 23.8 Å². The molecule has 1 atom stereocenters. The van der Waals surface area contributed by atoms with E-state index in [1.165, 1.54) is 0 Å². The molecule has 5 heteroatoms. The molecular formula is C20H22N2O3. The second-order valence-corrected chi connectivity index (χ2v) is 6.94. The number of ether oxygens (including phenoxy) is 1. The maximum Gasteiger partial charge on any atom is 0.256 e. The fourth-order valence-corrected chi connectivity index (χ4v) is 3.27. The highest BCUT2D eigenvalue weighted by Crippen LogP contribution is 2.32. The van der Waals surface area contributed by atoms with Crippen LogP contribution in [0.3, 0.4) is 0 Å². The van der Waals surface area contributed by atoms with E-state index in [9.17, 15) is 9.59 Å². The molecule has 2 aliphatic rings. The summed E-state index contributed by atoms with van der Waals surface area (Å²) in [6.45, 7) is 3.66. The molecule has 1 N–H and O–H groups in total. The van der Waals surface area contributed by atoms with E-state index < -0.39 is 0 Å². The molecule has 2 aromatic carbocycles. The summed E-state index contributed by atoms with van der Waals surface area (Å²) in [5, 5.41) is 4.99. The number of nitrogens with one attached hydrogen (secondary N) is 1. The van der Waals surface area contributed by atoms with E-state index in [0.29, 0.717) is 30.9 Å². The van der Waals surface area contributed by atoms with Gasteiger partial charge in [-0.25, -0.2) is 0 Å². The van der Waals surface area contributed by atoms with Crippen LogP contribution in [0.4, 0.5) is 5.69 Å².